The van der Waals surface area contributed by atoms with Crippen molar-refractivity contribution in [1.29, 1.82) is 0 Å². The number of alkyl halides is 1. The zero-order valence-corrected chi connectivity index (χ0v) is 7.17. The molecule has 1 atom stereocenters. The topological polar surface area (TPSA) is 40.5 Å². The van der Waals surface area contributed by atoms with Gasteiger partial charge in [0.25, 0.3) is 0 Å². The van der Waals surface area contributed by atoms with Crippen molar-refractivity contribution < 1.29 is 9.90 Å². The number of carbonyl (C=O) groups excluding carboxylic acids is 1. The van der Waals surface area contributed by atoms with Gasteiger partial charge in [0.1, 0.15) is 6.23 Å². The quantitative estimate of drug-likeness (QED) is 0.664. The van der Waals surface area contributed by atoms with Gasteiger partial charge in [-0.25, -0.2) is 0 Å². The number of likely N-dealkylation sites (tertiary alicyclic amines) is 1. The van der Waals surface area contributed by atoms with Gasteiger partial charge in [-0.15, -0.1) is 0 Å². The molecule has 4 heteroatoms. The van der Waals surface area contributed by atoms with E-state index in [9.17, 15) is 9.90 Å². The van der Waals surface area contributed by atoms with Crippen LogP contribution >= 0.6 is 15.9 Å². The fourth-order valence-corrected chi connectivity index (χ4v) is 1.47. The second-order valence-electron chi connectivity index (χ2n) is 2.30. The number of amides is 1. The van der Waals surface area contributed by atoms with E-state index in [0.717, 1.165) is 5.33 Å². The van der Waals surface area contributed by atoms with Gasteiger partial charge >= 0.3 is 0 Å². The smallest absolute Gasteiger partial charge is 0.224 e. The van der Waals surface area contributed by atoms with Gasteiger partial charge in [0.15, 0.2) is 0 Å². The normalized spacial score (nSPS) is 26.0. The number of halogens is 1. The minimum absolute atomic E-state index is 0.0620. The van der Waals surface area contributed by atoms with Gasteiger partial charge in [0.2, 0.25) is 5.91 Å². The molecule has 0 aromatic rings. The van der Waals surface area contributed by atoms with Crippen molar-refractivity contribution >= 4 is 21.8 Å². The number of nitrogens with zero attached hydrogens (tertiary/aromatic N) is 1. The molecule has 0 aromatic heterocycles. The molecule has 1 saturated heterocycles. The van der Waals surface area contributed by atoms with E-state index in [0.29, 0.717) is 19.4 Å². The van der Waals surface area contributed by atoms with E-state index in [-0.39, 0.29) is 5.91 Å². The Bertz CT molecular complexity index is 140. The molecule has 10 heavy (non-hydrogen) atoms. The summed E-state index contributed by atoms with van der Waals surface area (Å²) in [5.74, 6) is 0.0620. The van der Waals surface area contributed by atoms with E-state index in [4.69, 9.17) is 0 Å². The molecule has 0 aliphatic carbocycles. The molecule has 1 fully saturated rings. The predicted octanol–water partition coefficient (Wildman–Crippen LogP) is 0.322. The molecule has 0 aromatic carbocycles. The zero-order valence-electron chi connectivity index (χ0n) is 5.59. The Balaban J connectivity index is 2.46. The Morgan fingerprint density at radius 2 is 2.50 bits per heavy atom. The highest BCUT2D eigenvalue weighted by atomic mass is 79.9. The van der Waals surface area contributed by atoms with E-state index in [1.165, 1.54) is 4.90 Å². The van der Waals surface area contributed by atoms with Crippen LogP contribution in [0.3, 0.4) is 0 Å². The summed E-state index contributed by atoms with van der Waals surface area (Å²) < 4.78 is 0. The first kappa shape index (κ1) is 8.01. The average Bonchev–Trinajstić information content (AvgIpc) is 2.20. The van der Waals surface area contributed by atoms with Gasteiger partial charge in [-0.3, -0.25) is 4.79 Å². The molecule has 58 valence electrons. The summed E-state index contributed by atoms with van der Waals surface area (Å²) >= 11 is 3.21. The number of aliphatic hydroxyl groups excluding tert-OH is 1. The summed E-state index contributed by atoms with van der Waals surface area (Å²) in [6.07, 6.45) is 0.546. The Hall–Kier alpha value is -0.0900. The van der Waals surface area contributed by atoms with Gasteiger partial charge in [-0.05, 0) is 0 Å². The first-order chi connectivity index (χ1) is 4.75. The maximum atomic E-state index is 10.9. The van der Waals surface area contributed by atoms with E-state index in [1.54, 1.807) is 0 Å². The maximum absolute atomic E-state index is 10.9. The molecule has 0 saturated carbocycles. The Morgan fingerprint density at radius 1 is 1.80 bits per heavy atom. The molecule has 0 radical (unpaired) electrons. The van der Waals surface area contributed by atoms with Crippen LogP contribution in [0.1, 0.15) is 12.8 Å². The van der Waals surface area contributed by atoms with Crippen LogP contribution < -0.4 is 0 Å². The van der Waals surface area contributed by atoms with Crippen molar-refractivity contribution in [2.24, 2.45) is 0 Å². The van der Waals surface area contributed by atoms with Gasteiger partial charge < -0.3 is 10.0 Å². The molecule has 1 aliphatic heterocycles. The first-order valence-electron chi connectivity index (χ1n) is 3.29. The predicted molar refractivity (Wildman–Crippen MR) is 40.7 cm³/mol. The molecular weight excluding hydrogens is 198 g/mol. The van der Waals surface area contributed by atoms with E-state index >= 15 is 0 Å². The van der Waals surface area contributed by atoms with Crippen LogP contribution in [-0.4, -0.2) is 34.0 Å². The first-order valence-corrected chi connectivity index (χ1v) is 4.41. The lowest BCUT2D eigenvalue weighted by molar-refractivity contribution is -0.132. The third kappa shape index (κ3) is 1.49. The molecule has 1 aliphatic rings. The van der Waals surface area contributed by atoms with Crippen LogP contribution in [0.15, 0.2) is 0 Å². The van der Waals surface area contributed by atoms with Crippen LogP contribution in [0.25, 0.3) is 0 Å². The van der Waals surface area contributed by atoms with E-state index < -0.39 is 6.23 Å². The Kier molecular flexibility index (Phi) is 2.68. The number of aliphatic hydroxyl groups is 1. The third-order valence-electron chi connectivity index (χ3n) is 1.62. The van der Waals surface area contributed by atoms with Gasteiger partial charge in [0.05, 0.1) is 0 Å². The monoisotopic (exact) mass is 207 g/mol. The average molecular weight is 208 g/mol. The fraction of sp³-hybridized carbons (Fsp3) is 0.833. The highest BCUT2D eigenvalue weighted by molar-refractivity contribution is 9.09. The maximum Gasteiger partial charge on any atom is 0.224 e. The molecule has 0 spiro atoms. The molecule has 1 unspecified atom stereocenters. The molecule has 1 N–H and O–H groups in total. The summed E-state index contributed by atoms with van der Waals surface area (Å²) in [6.45, 7) is 0.611. The minimum Gasteiger partial charge on any atom is -0.374 e. The summed E-state index contributed by atoms with van der Waals surface area (Å²) in [6, 6.07) is 0. The lowest BCUT2D eigenvalue weighted by Gasteiger charge is -2.18. The SMILES string of the molecule is O=C1CCC(O)N1CCBr. The van der Waals surface area contributed by atoms with Crippen molar-refractivity contribution in [3.05, 3.63) is 0 Å². The summed E-state index contributed by atoms with van der Waals surface area (Å²) in [7, 11) is 0. The van der Waals surface area contributed by atoms with Crippen LogP contribution in [-0.2, 0) is 4.79 Å². The molecular formula is C6H10BrNO2. The zero-order chi connectivity index (χ0) is 7.56. The van der Waals surface area contributed by atoms with Gasteiger partial charge in [-0.1, -0.05) is 15.9 Å². The van der Waals surface area contributed by atoms with Crippen molar-refractivity contribution in [2.75, 3.05) is 11.9 Å². The number of rotatable bonds is 2. The lowest BCUT2D eigenvalue weighted by Crippen LogP contribution is -2.34. The van der Waals surface area contributed by atoms with Crippen LogP contribution in [0.5, 0.6) is 0 Å². The molecule has 3 nitrogen and oxygen atoms in total. The lowest BCUT2D eigenvalue weighted by atomic mass is 10.4. The third-order valence-corrected chi connectivity index (χ3v) is 1.98. The van der Waals surface area contributed by atoms with Gasteiger partial charge in [-0.2, -0.15) is 0 Å². The molecule has 1 amide bonds. The highest BCUT2D eigenvalue weighted by Crippen LogP contribution is 2.15. The summed E-state index contributed by atoms with van der Waals surface area (Å²) in [5, 5.41) is 9.91. The molecule has 1 heterocycles. The van der Waals surface area contributed by atoms with E-state index in [2.05, 4.69) is 15.9 Å². The van der Waals surface area contributed by atoms with Crippen molar-refractivity contribution in [1.82, 2.24) is 4.90 Å². The van der Waals surface area contributed by atoms with Crippen molar-refractivity contribution in [2.45, 2.75) is 19.1 Å². The van der Waals surface area contributed by atoms with Crippen LogP contribution in [0.2, 0.25) is 0 Å². The summed E-state index contributed by atoms with van der Waals surface area (Å²) in [5.41, 5.74) is 0. The van der Waals surface area contributed by atoms with Crippen molar-refractivity contribution in [3.63, 3.8) is 0 Å². The van der Waals surface area contributed by atoms with Crippen LogP contribution in [0, 0.1) is 0 Å². The standard InChI is InChI=1S/C6H10BrNO2/c7-3-4-8-5(9)1-2-6(8)10/h5,9H,1-4H2. The highest BCUT2D eigenvalue weighted by Gasteiger charge is 2.27. The minimum atomic E-state index is -0.537. The van der Waals surface area contributed by atoms with Crippen LogP contribution in [0.4, 0.5) is 0 Å². The Morgan fingerprint density at radius 3 is 2.90 bits per heavy atom. The molecule has 0 bridgehead atoms. The number of hydrogen-bond donors (Lipinski definition) is 1. The fourth-order valence-electron chi connectivity index (χ4n) is 1.08. The number of carbonyl (C=O) groups is 1. The number of hydrogen-bond acceptors (Lipinski definition) is 2. The largest absolute Gasteiger partial charge is 0.374 e. The molecule has 1 rings (SSSR count). The second-order valence-corrected chi connectivity index (χ2v) is 3.09. The van der Waals surface area contributed by atoms with Crippen molar-refractivity contribution in [3.8, 4) is 0 Å². The Labute approximate surface area is 68.1 Å². The van der Waals surface area contributed by atoms with Gasteiger partial charge in [0, 0.05) is 24.7 Å². The summed E-state index contributed by atoms with van der Waals surface area (Å²) in [4.78, 5) is 12.4. The second kappa shape index (κ2) is 3.34. The van der Waals surface area contributed by atoms with E-state index in [1.807, 2.05) is 0 Å².